The summed E-state index contributed by atoms with van der Waals surface area (Å²) in [6.45, 7) is 5.82. The van der Waals surface area contributed by atoms with E-state index in [0.717, 1.165) is 12.5 Å². The molecule has 1 aliphatic carbocycles. The minimum Gasteiger partial charge on any atom is -0.314 e. The van der Waals surface area contributed by atoms with Gasteiger partial charge in [-0.1, -0.05) is 56.3 Å². The second kappa shape index (κ2) is 5.97. The zero-order valence-corrected chi connectivity index (χ0v) is 12.6. The van der Waals surface area contributed by atoms with Crippen LogP contribution in [0.4, 0.5) is 0 Å². The lowest BCUT2D eigenvalue weighted by Gasteiger charge is -2.23. The Morgan fingerprint density at radius 1 is 1.05 bits per heavy atom. The number of hydrogen-bond donors (Lipinski definition) is 1. The third-order valence-electron chi connectivity index (χ3n) is 4.94. The number of hydrogen-bond acceptors (Lipinski definition) is 1. The second-order valence-electron chi connectivity index (χ2n) is 6.17. The molecule has 20 heavy (non-hydrogen) atoms. The van der Waals surface area contributed by atoms with E-state index in [-0.39, 0.29) is 0 Å². The predicted molar refractivity (Wildman–Crippen MR) is 87.2 cm³/mol. The van der Waals surface area contributed by atoms with Crippen molar-refractivity contribution in [2.75, 3.05) is 6.54 Å². The molecule has 106 valence electrons. The van der Waals surface area contributed by atoms with Crippen LogP contribution >= 0.6 is 0 Å². The molecule has 1 heteroatoms. The van der Waals surface area contributed by atoms with Gasteiger partial charge in [-0.05, 0) is 54.0 Å². The first-order chi connectivity index (χ1) is 9.81. The van der Waals surface area contributed by atoms with Gasteiger partial charge in [0.05, 0.1) is 0 Å². The summed E-state index contributed by atoms with van der Waals surface area (Å²) < 4.78 is 0. The van der Waals surface area contributed by atoms with Gasteiger partial charge in [0.15, 0.2) is 0 Å². The molecule has 3 atom stereocenters. The Hall–Kier alpha value is -1.34. The first kappa shape index (κ1) is 13.6. The highest BCUT2D eigenvalue weighted by Gasteiger charge is 2.33. The molecule has 0 saturated heterocycles. The second-order valence-corrected chi connectivity index (χ2v) is 6.17. The predicted octanol–water partition coefficient (Wildman–Crippen LogP) is 4.72. The average Bonchev–Trinajstić information content (AvgIpc) is 2.85. The quantitative estimate of drug-likeness (QED) is 0.845. The summed E-state index contributed by atoms with van der Waals surface area (Å²) in [5, 5.41) is 6.55. The van der Waals surface area contributed by atoms with Gasteiger partial charge in [0, 0.05) is 6.04 Å². The summed E-state index contributed by atoms with van der Waals surface area (Å²) in [4.78, 5) is 0. The van der Waals surface area contributed by atoms with E-state index in [1.54, 1.807) is 5.56 Å². The van der Waals surface area contributed by atoms with Gasteiger partial charge in [0.2, 0.25) is 0 Å². The maximum absolute atomic E-state index is 3.73. The van der Waals surface area contributed by atoms with Crippen molar-refractivity contribution < 1.29 is 0 Å². The molecule has 2 aromatic carbocycles. The van der Waals surface area contributed by atoms with Crippen molar-refractivity contribution in [1.82, 2.24) is 5.32 Å². The fraction of sp³-hybridized carbons (Fsp3) is 0.474. The standard InChI is InChI=1S/C19H25N/c1-3-13-20-19-12-11-16(14(19)2)18-10-6-8-15-7-4-5-9-17(15)18/h4-10,14,16,19-20H,3,11-13H2,1-2H3. The summed E-state index contributed by atoms with van der Waals surface area (Å²) in [5.41, 5.74) is 1.55. The average molecular weight is 267 g/mol. The molecular formula is C19H25N. The summed E-state index contributed by atoms with van der Waals surface area (Å²) in [6, 6.07) is 16.3. The lowest BCUT2D eigenvalue weighted by atomic mass is 9.86. The Kier molecular flexibility index (Phi) is 4.07. The summed E-state index contributed by atoms with van der Waals surface area (Å²) in [5.74, 6) is 1.43. The molecule has 1 nitrogen and oxygen atoms in total. The molecule has 0 radical (unpaired) electrons. The molecule has 1 N–H and O–H groups in total. The molecule has 0 aromatic heterocycles. The van der Waals surface area contributed by atoms with Crippen LogP contribution in [0.2, 0.25) is 0 Å². The van der Waals surface area contributed by atoms with Crippen molar-refractivity contribution in [3.8, 4) is 0 Å². The summed E-state index contributed by atoms with van der Waals surface area (Å²) in [7, 11) is 0. The minimum absolute atomic E-state index is 0.693. The van der Waals surface area contributed by atoms with Gasteiger partial charge in [-0.3, -0.25) is 0 Å². The molecule has 0 spiro atoms. The maximum atomic E-state index is 3.73. The molecular weight excluding hydrogens is 242 g/mol. The third kappa shape index (κ3) is 2.47. The van der Waals surface area contributed by atoms with Gasteiger partial charge in [-0.25, -0.2) is 0 Å². The van der Waals surface area contributed by atoms with Crippen LogP contribution in [0.5, 0.6) is 0 Å². The van der Waals surface area contributed by atoms with E-state index in [1.165, 1.54) is 30.0 Å². The molecule has 0 amide bonds. The van der Waals surface area contributed by atoms with Gasteiger partial charge in [0.1, 0.15) is 0 Å². The van der Waals surface area contributed by atoms with E-state index in [1.807, 2.05) is 0 Å². The normalized spacial score (nSPS) is 26.2. The van der Waals surface area contributed by atoms with Crippen LogP contribution in [0, 0.1) is 5.92 Å². The van der Waals surface area contributed by atoms with Crippen molar-refractivity contribution in [1.29, 1.82) is 0 Å². The summed E-state index contributed by atoms with van der Waals surface area (Å²) in [6.07, 6.45) is 3.85. The molecule has 0 bridgehead atoms. The van der Waals surface area contributed by atoms with Crippen molar-refractivity contribution in [3.05, 3.63) is 48.0 Å². The van der Waals surface area contributed by atoms with Crippen LogP contribution in [0.1, 0.15) is 44.6 Å². The van der Waals surface area contributed by atoms with Crippen molar-refractivity contribution in [2.45, 2.75) is 45.1 Å². The van der Waals surface area contributed by atoms with Crippen LogP contribution < -0.4 is 5.32 Å². The van der Waals surface area contributed by atoms with E-state index in [0.29, 0.717) is 12.0 Å². The first-order valence-corrected chi connectivity index (χ1v) is 8.02. The van der Waals surface area contributed by atoms with E-state index in [9.17, 15) is 0 Å². The van der Waals surface area contributed by atoms with Crippen LogP contribution in [-0.4, -0.2) is 12.6 Å². The molecule has 2 aromatic rings. The number of rotatable bonds is 4. The Balaban J connectivity index is 1.88. The fourth-order valence-electron chi connectivity index (χ4n) is 3.80. The van der Waals surface area contributed by atoms with Gasteiger partial charge in [-0.15, -0.1) is 0 Å². The smallest absolute Gasteiger partial charge is 0.00987 e. The number of fused-ring (bicyclic) bond motifs is 1. The monoisotopic (exact) mass is 267 g/mol. The van der Waals surface area contributed by atoms with Crippen molar-refractivity contribution >= 4 is 10.8 Å². The maximum Gasteiger partial charge on any atom is 0.00987 e. The highest BCUT2D eigenvalue weighted by atomic mass is 14.9. The van der Waals surface area contributed by atoms with E-state index < -0.39 is 0 Å². The Morgan fingerprint density at radius 2 is 1.85 bits per heavy atom. The van der Waals surface area contributed by atoms with Crippen molar-refractivity contribution in [3.63, 3.8) is 0 Å². The molecule has 1 fully saturated rings. The van der Waals surface area contributed by atoms with Gasteiger partial charge in [0.25, 0.3) is 0 Å². The van der Waals surface area contributed by atoms with Gasteiger partial charge in [-0.2, -0.15) is 0 Å². The van der Waals surface area contributed by atoms with Gasteiger partial charge >= 0.3 is 0 Å². The fourth-order valence-corrected chi connectivity index (χ4v) is 3.80. The highest BCUT2D eigenvalue weighted by molar-refractivity contribution is 5.86. The van der Waals surface area contributed by atoms with Gasteiger partial charge < -0.3 is 5.32 Å². The van der Waals surface area contributed by atoms with Crippen molar-refractivity contribution in [2.24, 2.45) is 5.92 Å². The topological polar surface area (TPSA) is 12.0 Å². The van der Waals surface area contributed by atoms with Crippen LogP contribution in [0.3, 0.4) is 0 Å². The van der Waals surface area contributed by atoms with Crippen LogP contribution in [-0.2, 0) is 0 Å². The molecule has 1 saturated carbocycles. The Labute approximate surface area is 122 Å². The number of benzene rings is 2. The van der Waals surface area contributed by atoms with E-state index in [4.69, 9.17) is 0 Å². The molecule has 1 aliphatic rings. The third-order valence-corrected chi connectivity index (χ3v) is 4.94. The lowest BCUT2D eigenvalue weighted by Crippen LogP contribution is -2.32. The zero-order chi connectivity index (χ0) is 13.9. The van der Waals surface area contributed by atoms with Crippen LogP contribution in [0.25, 0.3) is 10.8 Å². The SMILES string of the molecule is CCCNC1CCC(c2cccc3ccccc23)C1C. The Bertz CT molecular complexity index is 569. The zero-order valence-electron chi connectivity index (χ0n) is 12.6. The summed E-state index contributed by atoms with van der Waals surface area (Å²) >= 11 is 0. The number of nitrogens with one attached hydrogen (secondary N) is 1. The van der Waals surface area contributed by atoms with Crippen LogP contribution in [0.15, 0.2) is 42.5 Å². The highest BCUT2D eigenvalue weighted by Crippen LogP contribution is 2.41. The molecule has 3 unspecified atom stereocenters. The molecule has 0 heterocycles. The molecule has 0 aliphatic heterocycles. The Morgan fingerprint density at radius 3 is 2.70 bits per heavy atom. The lowest BCUT2D eigenvalue weighted by molar-refractivity contribution is 0.405. The minimum atomic E-state index is 0.693. The van der Waals surface area contributed by atoms with E-state index in [2.05, 4.69) is 61.6 Å². The molecule has 3 rings (SSSR count). The van der Waals surface area contributed by atoms with E-state index >= 15 is 0 Å². The first-order valence-electron chi connectivity index (χ1n) is 8.02. The largest absolute Gasteiger partial charge is 0.314 e.